The number of hydrogen-bond donors (Lipinski definition) is 0. The second-order valence-corrected chi connectivity index (χ2v) is 4.90. The summed E-state index contributed by atoms with van der Waals surface area (Å²) < 4.78 is 26.1. The second kappa shape index (κ2) is 3.34. The van der Waals surface area contributed by atoms with Crippen molar-refractivity contribution in [3.63, 3.8) is 0 Å². The molecular weight excluding hydrogens is 206 g/mol. The molecule has 0 aromatic carbocycles. The fourth-order valence-electron chi connectivity index (χ4n) is 1.26. The van der Waals surface area contributed by atoms with Crippen molar-refractivity contribution >= 4 is 10.0 Å². The van der Waals surface area contributed by atoms with Gasteiger partial charge < -0.3 is 0 Å². The van der Waals surface area contributed by atoms with Crippen LogP contribution >= 0.6 is 0 Å². The van der Waals surface area contributed by atoms with Gasteiger partial charge in [0.15, 0.2) is 0 Å². The Morgan fingerprint density at radius 2 is 2.36 bits per heavy atom. The first-order chi connectivity index (χ1) is 6.60. The third-order valence-electron chi connectivity index (χ3n) is 1.97. The molecule has 0 atom stereocenters. The zero-order valence-corrected chi connectivity index (χ0v) is 8.57. The Balaban J connectivity index is 2.32. The molecule has 1 aromatic heterocycles. The van der Waals surface area contributed by atoms with Gasteiger partial charge in [-0.15, -0.1) is 0 Å². The van der Waals surface area contributed by atoms with Crippen LogP contribution in [-0.4, -0.2) is 35.8 Å². The van der Waals surface area contributed by atoms with Gasteiger partial charge >= 0.3 is 0 Å². The topological polar surface area (TPSA) is 64.4 Å². The highest BCUT2D eigenvalue weighted by atomic mass is 32.2. The number of hydroxylamine groups is 1. The van der Waals surface area contributed by atoms with E-state index < -0.39 is 10.0 Å². The first kappa shape index (κ1) is 9.63. The molecule has 6 nitrogen and oxygen atoms in total. The molecule has 1 saturated heterocycles. The molecular formula is C7H11N3O3S. The number of aromatic nitrogens is 2. The van der Waals surface area contributed by atoms with Gasteiger partial charge in [-0.05, 0) is 6.42 Å². The van der Waals surface area contributed by atoms with Crippen molar-refractivity contribution in [1.29, 1.82) is 0 Å². The Bertz CT molecular complexity index is 419. The highest BCUT2D eigenvalue weighted by molar-refractivity contribution is 7.89. The van der Waals surface area contributed by atoms with Crippen molar-refractivity contribution in [1.82, 2.24) is 14.2 Å². The Morgan fingerprint density at radius 3 is 2.86 bits per heavy atom. The number of sulfonamides is 1. The van der Waals surface area contributed by atoms with Gasteiger partial charge in [-0.3, -0.25) is 9.52 Å². The van der Waals surface area contributed by atoms with Gasteiger partial charge in [-0.25, -0.2) is 8.42 Å². The summed E-state index contributed by atoms with van der Waals surface area (Å²) in [5.41, 5.74) is 0. The van der Waals surface area contributed by atoms with E-state index in [2.05, 4.69) is 5.10 Å². The lowest BCUT2D eigenvalue weighted by Gasteiger charge is -2.11. The summed E-state index contributed by atoms with van der Waals surface area (Å²) in [6.07, 6.45) is 3.51. The molecule has 1 aromatic rings. The van der Waals surface area contributed by atoms with E-state index in [1.165, 1.54) is 17.1 Å². The van der Waals surface area contributed by atoms with Crippen LogP contribution in [0.3, 0.4) is 0 Å². The molecule has 0 spiro atoms. The van der Waals surface area contributed by atoms with Gasteiger partial charge in [0.2, 0.25) is 0 Å². The van der Waals surface area contributed by atoms with Gasteiger partial charge in [0, 0.05) is 19.8 Å². The van der Waals surface area contributed by atoms with Gasteiger partial charge in [-0.1, -0.05) is 4.47 Å². The van der Waals surface area contributed by atoms with E-state index in [0.29, 0.717) is 13.2 Å². The maximum absolute atomic E-state index is 11.8. The highest BCUT2D eigenvalue weighted by Crippen LogP contribution is 2.18. The molecule has 2 heterocycles. The van der Waals surface area contributed by atoms with E-state index in [1.807, 2.05) is 0 Å². The molecule has 2 rings (SSSR count). The summed E-state index contributed by atoms with van der Waals surface area (Å²) in [7, 11) is -1.82. The molecule has 0 N–H and O–H groups in total. The third kappa shape index (κ3) is 1.54. The van der Waals surface area contributed by atoms with Gasteiger partial charge in [-0.2, -0.15) is 5.10 Å². The molecule has 7 heteroatoms. The molecule has 1 aliphatic rings. The Labute approximate surface area is 82.1 Å². The summed E-state index contributed by atoms with van der Waals surface area (Å²) in [6, 6.07) is 0. The van der Waals surface area contributed by atoms with Crippen molar-refractivity contribution in [3.05, 3.63) is 12.4 Å². The lowest BCUT2D eigenvalue weighted by molar-refractivity contribution is -0.0284. The van der Waals surface area contributed by atoms with Crippen LogP contribution < -0.4 is 0 Å². The molecule has 0 radical (unpaired) electrons. The van der Waals surface area contributed by atoms with Crippen LogP contribution in [0, 0.1) is 0 Å². The van der Waals surface area contributed by atoms with Crippen LogP contribution in [0.2, 0.25) is 0 Å². The monoisotopic (exact) mass is 217 g/mol. The summed E-state index contributed by atoms with van der Waals surface area (Å²) in [6.45, 7) is 0.872. The quantitative estimate of drug-likeness (QED) is 0.685. The Hall–Kier alpha value is -0.920. The van der Waals surface area contributed by atoms with Crippen LogP contribution in [-0.2, 0) is 21.9 Å². The fraction of sp³-hybridized carbons (Fsp3) is 0.571. The van der Waals surface area contributed by atoms with Crippen molar-refractivity contribution in [2.45, 2.75) is 11.3 Å². The van der Waals surface area contributed by atoms with Gasteiger partial charge in [0.1, 0.15) is 4.90 Å². The summed E-state index contributed by atoms with van der Waals surface area (Å²) in [4.78, 5) is 5.16. The van der Waals surface area contributed by atoms with E-state index in [4.69, 9.17) is 4.84 Å². The maximum atomic E-state index is 11.8. The summed E-state index contributed by atoms with van der Waals surface area (Å²) >= 11 is 0. The first-order valence-corrected chi connectivity index (χ1v) is 5.69. The minimum Gasteiger partial charge on any atom is -0.284 e. The fourth-order valence-corrected chi connectivity index (χ4v) is 2.55. The van der Waals surface area contributed by atoms with Crippen LogP contribution in [0.4, 0.5) is 0 Å². The second-order valence-electron chi connectivity index (χ2n) is 3.07. The van der Waals surface area contributed by atoms with Crippen LogP contribution in [0.25, 0.3) is 0 Å². The highest BCUT2D eigenvalue weighted by Gasteiger charge is 2.29. The number of nitrogens with zero attached hydrogens (tertiary/aromatic N) is 3. The van der Waals surface area contributed by atoms with Crippen molar-refractivity contribution in [2.24, 2.45) is 7.05 Å². The zero-order chi connectivity index (χ0) is 10.2. The SMILES string of the molecule is Cn1cc(S(=O)(=O)N2CCCO2)cn1. The molecule has 0 bridgehead atoms. The largest absolute Gasteiger partial charge is 0.284 e. The van der Waals surface area contributed by atoms with Gasteiger partial charge in [0.05, 0.1) is 12.8 Å². The Morgan fingerprint density at radius 1 is 1.57 bits per heavy atom. The maximum Gasteiger partial charge on any atom is 0.268 e. The van der Waals surface area contributed by atoms with E-state index in [9.17, 15) is 8.42 Å². The minimum atomic E-state index is -3.49. The van der Waals surface area contributed by atoms with E-state index in [-0.39, 0.29) is 4.90 Å². The van der Waals surface area contributed by atoms with E-state index >= 15 is 0 Å². The zero-order valence-electron chi connectivity index (χ0n) is 7.75. The Kier molecular flexibility index (Phi) is 2.30. The minimum absolute atomic E-state index is 0.168. The van der Waals surface area contributed by atoms with Crippen molar-refractivity contribution < 1.29 is 13.3 Å². The van der Waals surface area contributed by atoms with Crippen LogP contribution in [0.5, 0.6) is 0 Å². The standard InChI is InChI=1S/C7H11N3O3S/c1-9-6-7(5-8-9)14(11,12)10-3-2-4-13-10/h5-6H,2-4H2,1H3. The normalized spacial score (nSPS) is 18.9. The number of rotatable bonds is 2. The molecule has 0 saturated carbocycles. The smallest absolute Gasteiger partial charge is 0.268 e. The van der Waals surface area contributed by atoms with Gasteiger partial charge in [0.25, 0.3) is 10.0 Å². The molecule has 1 aliphatic heterocycles. The number of hydrogen-bond acceptors (Lipinski definition) is 4. The first-order valence-electron chi connectivity index (χ1n) is 4.25. The molecule has 0 amide bonds. The molecule has 78 valence electrons. The predicted molar refractivity (Wildman–Crippen MR) is 47.7 cm³/mol. The van der Waals surface area contributed by atoms with E-state index in [0.717, 1.165) is 10.9 Å². The lowest BCUT2D eigenvalue weighted by Crippen LogP contribution is -2.26. The predicted octanol–water partition coefficient (Wildman–Crippen LogP) is -0.254. The molecule has 0 unspecified atom stereocenters. The van der Waals surface area contributed by atoms with Crippen molar-refractivity contribution in [3.8, 4) is 0 Å². The molecule has 14 heavy (non-hydrogen) atoms. The third-order valence-corrected chi connectivity index (χ3v) is 3.60. The lowest BCUT2D eigenvalue weighted by atomic mass is 10.5. The average Bonchev–Trinajstić information content (AvgIpc) is 2.72. The van der Waals surface area contributed by atoms with Crippen LogP contribution in [0.15, 0.2) is 17.3 Å². The van der Waals surface area contributed by atoms with Crippen molar-refractivity contribution in [2.75, 3.05) is 13.2 Å². The summed E-state index contributed by atoms with van der Waals surface area (Å²) in [5.74, 6) is 0. The van der Waals surface area contributed by atoms with E-state index in [1.54, 1.807) is 7.05 Å². The molecule has 1 fully saturated rings. The average molecular weight is 217 g/mol. The molecule has 0 aliphatic carbocycles. The summed E-state index contributed by atoms with van der Waals surface area (Å²) in [5, 5.41) is 3.81. The van der Waals surface area contributed by atoms with Crippen LogP contribution in [0.1, 0.15) is 6.42 Å². The number of aryl methyl sites for hydroxylation is 1.